The smallest absolute Gasteiger partial charge is 0.407 e. The molecule has 0 bridgehead atoms. The maximum atomic E-state index is 11.5. The quantitative estimate of drug-likeness (QED) is 0.276. The molecule has 0 radical (unpaired) electrons. The van der Waals surface area contributed by atoms with Crippen LogP contribution in [0.1, 0.15) is 24.8 Å². The minimum atomic E-state index is -1.03. The number of amides is 1. The van der Waals surface area contributed by atoms with Crippen molar-refractivity contribution in [2.24, 2.45) is 10.8 Å². The van der Waals surface area contributed by atoms with Crippen LogP contribution in [0, 0.1) is 0 Å². The molecule has 0 fully saturated rings. The first-order valence-corrected chi connectivity index (χ1v) is 7.06. The van der Waals surface area contributed by atoms with E-state index in [1.165, 1.54) is 0 Å². The van der Waals surface area contributed by atoms with Crippen LogP contribution in [0.2, 0.25) is 0 Å². The summed E-state index contributed by atoms with van der Waals surface area (Å²) >= 11 is 0. The number of hydrogen-bond donors (Lipinski definition) is 3. The summed E-state index contributed by atoms with van der Waals surface area (Å²) < 4.78 is 5.02. The van der Waals surface area contributed by atoms with Gasteiger partial charge in [0.25, 0.3) is 0 Å². The van der Waals surface area contributed by atoms with Crippen LogP contribution < -0.4 is 11.1 Å². The van der Waals surface area contributed by atoms with Crippen LogP contribution in [0.3, 0.4) is 0 Å². The molecule has 124 valence electrons. The zero-order valence-electron chi connectivity index (χ0n) is 12.5. The van der Waals surface area contributed by atoms with E-state index in [1.54, 1.807) is 24.3 Å². The van der Waals surface area contributed by atoms with Crippen molar-refractivity contribution in [2.75, 3.05) is 6.54 Å². The second-order valence-corrected chi connectivity index (χ2v) is 4.80. The number of hydrogen-bond acceptors (Lipinski definition) is 5. The molecule has 0 saturated carbocycles. The highest BCUT2D eigenvalue weighted by molar-refractivity contribution is 5.72. The van der Waals surface area contributed by atoms with E-state index in [2.05, 4.69) is 15.3 Å². The molecule has 0 aliphatic carbocycles. The number of azide groups is 1. The Morgan fingerprint density at radius 2 is 2.22 bits per heavy atom. The van der Waals surface area contributed by atoms with Crippen molar-refractivity contribution in [1.82, 2.24) is 5.32 Å². The Labute approximate surface area is 133 Å². The topological polar surface area (TPSA) is 150 Å². The van der Waals surface area contributed by atoms with Crippen LogP contribution in [0.5, 0.6) is 0 Å². The first kappa shape index (κ1) is 18.3. The van der Waals surface area contributed by atoms with Crippen molar-refractivity contribution < 1.29 is 19.4 Å². The Bertz CT molecular complexity index is 586. The third-order valence-corrected chi connectivity index (χ3v) is 2.97. The molecule has 1 rings (SSSR count). The zero-order chi connectivity index (χ0) is 17.1. The van der Waals surface area contributed by atoms with Crippen molar-refractivity contribution >= 4 is 17.7 Å². The summed E-state index contributed by atoms with van der Waals surface area (Å²) in [6.07, 6.45) is 1.00. The number of carboxylic acids is 1. The van der Waals surface area contributed by atoms with Gasteiger partial charge in [-0.2, -0.15) is 0 Å². The lowest BCUT2D eigenvalue weighted by molar-refractivity contribution is -0.138. The number of nitrogens with one attached hydrogen (secondary N) is 1. The van der Waals surface area contributed by atoms with Crippen LogP contribution in [0.15, 0.2) is 29.4 Å². The lowest BCUT2D eigenvalue weighted by atomic mass is 10.1. The van der Waals surface area contributed by atoms with Crippen molar-refractivity contribution in [3.63, 3.8) is 0 Å². The summed E-state index contributed by atoms with van der Waals surface area (Å²) in [6.45, 7) is 0.439. The Morgan fingerprint density at radius 1 is 1.43 bits per heavy atom. The van der Waals surface area contributed by atoms with E-state index in [4.69, 9.17) is 21.1 Å². The molecule has 0 spiro atoms. The van der Waals surface area contributed by atoms with Gasteiger partial charge in [0.05, 0.1) is 0 Å². The molecule has 1 amide bonds. The van der Waals surface area contributed by atoms with Gasteiger partial charge in [0.15, 0.2) is 0 Å². The molecule has 1 aromatic carbocycles. The largest absolute Gasteiger partial charge is 0.480 e. The molecule has 0 saturated heterocycles. The fourth-order valence-electron chi connectivity index (χ4n) is 1.76. The number of carbonyl (C=O) groups excluding carboxylic acids is 1. The van der Waals surface area contributed by atoms with Gasteiger partial charge in [-0.05, 0) is 36.4 Å². The highest BCUT2D eigenvalue weighted by Crippen LogP contribution is 2.14. The van der Waals surface area contributed by atoms with E-state index in [9.17, 15) is 9.59 Å². The summed E-state index contributed by atoms with van der Waals surface area (Å²) in [6, 6.07) is 5.85. The molecular weight excluding hydrogens is 302 g/mol. The van der Waals surface area contributed by atoms with E-state index in [0.717, 1.165) is 0 Å². The SMILES string of the molecule is [N-]=[N+]=Nc1cccc(COC(=O)NCCCC[C@H](N)C(=O)O)c1. The highest BCUT2D eigenvalue weighted by Gasteiger charge is 2.10. The molecule has 0 aromatic heterocycles. The van der Waals surface area contributed by atoms with Gasteiger partial charge in [-0.3, -0.25) is 4.79 Å². The zero-order valence-corrected chi connectivity index (χ0v) is 12.5. The van der Waals surface area contributed by atoms with Crippen LogP contribution >= 0.6 is 0 Å². The fraction of sp³-hybridized carbons (Fsp3) is 0.429. The summed E-state index contributed by atoms with van der Waals surface area (Å²) in [5.74, 6) is -1.03. The van der Waals surface area contributed by atoms with Gasteiger partial charge in [-0.15, -0.1) is 0 Å². The lowest BCUT2D eigenvalue weighted by Gasteiger charge is -2.08. The van der Waals surface area contributed by atoms with Gasteiger partial charge in [-0.1, -0.05) is 23.3 Å². The standard InChI is InChI=1S/C14H19N5O4/c15-12(13(20)21)6-1-2-7-17-14(22)23-9-10-4-3-5-11(8-10)18-19-16/h3-5,8,12H,1-2,6-7,9,15H2,(H,17,22)(H,20,21)/t12-/m0/s1. The Hall–Kier alpha value is -2.77. The van der Waals surface area contributed by atoms with Crippen molar-refractivity contribution in [3.8, 4) is 0 Å². The van der Waals surface area contributed by atoms with Gasteiger partial charge in [0.1, 0.15) is 12.6 Å². The normalized spacial score (nSPS) is 11.2. The van der Waals surface area contributed by atoms with Crippen molar-refractivity contribution in [3.05, 3.63) is 40.3 Å². The number of nitrogens with two attached hydrogens (primary N) is 1. The number of carboxylic acid groups (broad SMARTS) is 1. The van der Waals surface area contributed by atoms with E-state index in [1.807, 2.05) is 0 Å². The van der Waals surface area contributed by atoms with Crippen LogP contribution in [-0.2, 0) is 16.1 Å². The lowest BCUT2D eigenvalue weighted by Crippen LogP contribution is -2.30. The average molecular weight is 321 g/mol. The summed E-state index contributed by atoms with van der Waals surface area (Å²) in [5, 5.41) is 14.6. The second kappa shape index (κ2) is 10.0. The maximum Gasteiger partial charge on any atom is 0.407 e. The fourth-order valence-corrected chi connectivity index (χ4v) is 1.76. The molecule has 9 nitrogen and oxygen atoms in total. The van der Waals surface area contributed by atoms with Crippen LogP contribution in [-0.4, -0.2) is 29.8 Å². The Kier molecular flexibility index (Phi) is 7.98. The molecule has 4 N–H and O–H groups in total. The minimum absolute atomic E-state index is 0.0600. The van der Waals surface area contributed by atoms with E-state index in [-0.39, 0.29) is 6.61 Å². The predicted octanol–water partition coefficient (Wildman–Crippen LogP) is 2.44. The molecule has 9 heteroatoms. The summed E-state index contributed by atoms with van der Waals surface area (Å²) in [5.41, 5.74) is 14.9. The Morgan fingerprint density at radius 3 is 2.91 bits per heavy atom. The third-order valence-electron chi connectivity index (χ3n) is 2.97. The highest BCUT2D eigenvalue weighted by atomic mass is 16.5. The first-order valence-electron chi connectivity index (χ1n) is 7.06. The monoisotopic (exact) mass is 321 g/mol. The van der Waals surface area contributed by atoms with Crippen molar-refractivity contribution in [2.45, 2.75) is 31.9 Å². The molecule has 23 heavy (non-hydrogen) atoms. The molecule has 0 aliphatic rings. The van der Waals surface area contributed by atoms with E-state index in [0.29, 0.717) is 37.1 Å². The number of unbranched alkanes of at least 4 members (excludes halogenated alkanes) is 1. The number of benzene rings is 1. The van der Waals surface area contributed by atoms with Crippen LogP contribution in [0.25, 0.3) is 10.4 Å². The van der Waals surface area contributed by atoms with E-state index >= 15 is 0 Å². The third kappa shape index (κ3) is 7.70. The number of rotatable bonds is 9. The number of ether oxygens (including phenoxy) is 1. The number of aliphatic carboxylic acids is 1. The van der Waals surface area contributed by atoms with Gasteiger partial charge in [-0.25, -0.2) is 4.79 Å². The van der Waals surface area contributed by atoms with Gasteiger partial charge < -0.3 is 20.9 Å². The number of nitrogens with zero attached hydrogens (tertiary/aromatic N) is 3. The minimum Gasteiger partial charge on any atom is -0.480 e. The first-order chi connectivity index (χ1) is 11.0. The number of alkyl carbamates (subject to hydrolysis) is 1. The molecule has 0 aliphatic heterocycles. The van der Waals surface area contributed by atoms with Gasteiger partial charge in [0, 0.05) is 17.1 Å². The molecule has 1 atom stereocenters. The second-order valence-electron chi connectivity index (χ2n) is 4.80. The summed E-state index contributed by atoms with van der Waals surface area (Å²) in [4.78, 5) is 24.7. The average Bonchev–Trinajstić information content (AvgIpc) is 2.53. The Balaban J connectivity index is 2.21. The molecule has 0 heterocycles. The molecular formula is C14H19N5O4. The van der Waals surface area contributed by atoms with Crippen molar-refractivity contribution in [1.29, 1.82) is 0 Å². The predicted molar refractivity (Wildman–Crippen MR) is 82.9 cm³/mol. The number of carbonyl (C=O) groups is 2. The maximum absolute atomic E-state index is 11.5. The molecule has 0 unspecified atom stereocenters. The summed E-state index contributed by atoms with van der Waals surface area (Å²) in [7, 11) is 0. The van der Waals surface area contributed by atoms with Crippen LogP contribution in [0.4, 0.5) is 10.5 Å². The molecule has 1 aromatic rings. The van der Waals surface area contributed by atoms with E-state index < -0.39 is 18.1 Å². The van der Waals surface area contributed by atoms with Gasteiger partial charge in [0.2, 0.25) is 0 Å². The van der Waals surface area contributed by atoms with Gasteiger partial charge >= 0.3 is 12.1 Å².